The molecule has 0 spiro atoms. The van der Waals surface area contributed by atoms with Crippen LogP contribution in [-0.4, -0.2) is 37.0 Å². The standard InChI is InChI=1S/C8H10N2O8S2/c1-5-2-3-6(8(11)12)4-7(5)10(20(16,17)18)9-19(13,14)15/h2-4,9H,1H3,(H,11,12)(H,13,14,15)(H,16,17,18). The topological polar surface area (TPSA) is 161 Å². The van der Waals surface area contributed by atoms with E-state index >= 15 is 0 Å². The third-order valence-electron chi connectivity index (χ3n) is 2.10. The molecule has 0 amide bonds. The first-order valence-corrected chi connectivity index (χ1v) is 7.62. The third kappa shape index (κ3) is 4.14. The van der Waals surface area contributed by atoms with E-state index in [0.29, 0.717) is 0 Å². The average molecular weight is 326 g/mol. The third-order valence-corrected chi connectivity index (χ3v) is 3.38. The van der Waals surface area contributed by atoms with Crippen molar-refractivity contribution in [2.45, 2.75) is 6.92 Å². The van der Waals surface area contributed by atoms with Gasteiger partial charge in [-0.25, -0.2) is 4.79 Å². The lowest BCUT2D eigenvalue weighted by Crippen LogP contribution is -2.46. The Kier molecular flexibility index (Phi) is 4.36. The van der Waals surface area contributed by atoms with Crippen LogP contribution in [0.5, 0.6) is 0 Å². The molecule has 4 N–H and O–H groups in total. The monoisotopic (exact) mass is 326 g/mol. The summed E-state index contributed by atoms with van der Waals surface area (Å²) < 4.78 is 61.0. The van der Waals surface area contributed by atoms with Gasteiger partial charge in [0.05, 0.1) is 11.3 Å². The molecule has 0 fully saturated rings. The zero-order valence-corrected chi connectivity index (χ0v) is 11.5. The van der Waals surface area contributed by atoms with Gasteiger partial charge in [0, 0.05) is 0 Å². The number of carboxylic acid groups (broad SMARTS) is 1. The normalized spacial score (nSPS) is 12.2. The van der Waals surface area contributed by atoms with Crippen molar-refractivity contribution in [3.63, 3.8) is 0 Å². The number of carbonyl (C=O) groups is 1. The van der Waals surface area contributed by atoms with E-state index in [1.807, 2.05) is 0 Å². The summed E-state index contributed by atoms with van der Waals surface area (Å²) in [4.78, 5) is 12.0. The van der Waals surface area contributed by atoms with Crippen LogP contribution in [0.4, 0.5) is 5.69 Å². The lowest BCUT2D eigenvalue weighted by Gasteiger charge is -2.21. The summed E-state index contributed by atoms with van der Waals surface area (Å²) >= 11 is 0. The zero-order valence-electron chi connectivity index (χ0n) is 9.88. The minimum atomic E-state index is -5.13. The Labute approximate surface area is 114 Å². The number of benzene rings is 1. The minimum Gasteiger partial charge on any atom is -0.478 e. The van der Waals surface area contributed by atoms with E-state index in [-0.39, 0.29) is 15.5 Å². The number of hydrogen-bond acceptors (Lipinski definition) is 5. The van der Waals surface area contributed by atoms with Gasteiger partial charge in [-0.15, -0.1) is 0 Å². The number of hydrazine groups is 1. The molecule has 0 radical (unpaired) electrons. The molecule has 112 valence electrons. The Hall–Kier alpha value is -1.73. The average Bonchev–Trinajstić information content (AvgIpc) is 2.24. The first kappa shape index (κ1) is 16.3. The molecular formula is C8H10N2O8S2. The van der Waals surface area contributed by atoms with Crippen LogP contribution in [0.3, 0.4) is 0 Å². The molecule has 0 heterocycles. The Morgan fingerprint density at radius 3 is 2.15 bits per heavy atom. The number of rotatable bonds is 5. The number of nitrogens with one attached hydrogen (secondary N) is 1. The van der Waals surface area contributed by atoms with Crippen LogP contribution in [0.2, 0.25) is 0 Å². The number of aromatic carboxylic acids is 1. The molecule has 0 aliphatic carbocycles. The van der Waals surface area contributed by atoms with Crippen LogP contribution in [0.15, 0.2) is 18.2 Å². The predicted molar refractivity (Wildman–Crippen MR) is 66.9 cm³/mol. The van der Waals surface area contributed by atoms with Crippen LogP contribution >= 0.6 is 0 Å². The summed E-state index contributed by atoms with van der Waals surface area (Å²) in [7, 11) is -10.1. The van der Waals surface area contributed by atoms with E-state index in [4.69, 9.17) is 14.2 Å². The second kappa shape index (κ2) is 5.34. The van der Waals surface area contributed by atoms with Gasteiger partial charge < -0.3 is 5.11 Å². The molecule has 1 rings (SSSR count). The number of anilines is 1. The molecule has 0 unspecified atom stereocenters. The van der Waals surface area contributed by atoms with Gasteiger partial charge in [-0.2, -0.15) is 21.2 Å². The fourth-order valence-corrected chi connectivity index (χ4v) is 2.70. The maximum atomic E-state index is 11.1. The number of carboxylic acids is 1. The van der Waals surface area contributed by atoms with Gasteiger partial charge in [0.1, 0.15) is 0 Å². The molecule has 20 heavy (non-hydrogen) atoms. The first-order chi connectivity index (χ1) is 8.92. The van der Waals surface area contributed by atoms with Crippen molar-refractivity contribution < 1.29 is 35.8 Å². The highest BCUT2D eigenvalue weighted by molar-refractivity contribution is 7.89. The van der Waals surface area contributed by atoms with Crippen molar-refractivity contribution in [2.75, 3.05) is 4.41 Å². The molecule has 0 aliphatic rings. The Morgan fingerprint density at radius 1 is 1.20 bits per heavy atom. The molecular weight excluding hydrogens is 316 g/mol. The molecule has 12 heteroatoms. The SMILES string of the molecule is Cc1ccc(C(=O)O)cc1N(NS(=O)(=O)O)S(=O)(=O)O. The smallest absolute Gasteiger partial charge is 0.374 e. The lowest BCUT2D eigenvalue weighted by molar-refractivity contribution is 0.0697. The van der Waals surface area contributed by atoms with Gasteiger partial charge in [0.25, 0.3) is 0 Å². The Bertz CT molecular complexity index is 740. The highest BCUT2D eigenvalue weighted by atomic mass is 32.2. The van der Waals surface area contributed by atoms with Gasteiger partial charge in [0.15, 0.2) is 0 Å². The van der Waals surface area contributed by atoms with Crippen LogP contribution in [0.1, 0.15) is 15.9 Å². The van der Waals surface area contributed by atoms with Crippen LogP contribution in [-0.2, 0) is 20.6 Å². The van der Waals surface area contributed by atoms with Crippen LogP contribution < -0.4 is 9.25 Å². The fraction of sp³-hybridized carbons (Fsp3) is 0.125. The van der Waals surface area contributed by atoms with Crippen LogP contribution in [0.25, 0.3) is 0 Å². The number of nitrogens with zero attached hydrogens (tertiary/aromatic N) is 1. The quantitative estimate of drug-likeness (QED) is 0.420. The lowest BCUT2D eigenvalue weighted by atomic mass is 10.1. The summed E-state index contributed by atoms with van der Waals surface area (Å²) in [5.74, 6) is -1.40. The van der Waals surface area contributed by atoms with Gasteiger partial charge >= 0.3 is 26.6 Å². The van der Waals surface area contributed by atoms with Crippen molar-refractivity contribution in [1.29, 1.82) is 0 Å². The predicted octanol–water partition coefficient (Wildman–Crippen LogP) is -0.390. The van der Waals surface area contributed by atoms with E-state index in [0.717, 1.165) is 17.0 Å². The van der Waals surface area contributed by atoms with Crippen molar-refractivity contribution in [2.24, 2.45) is 0 Å². The van der Waals surface area contributed by atoms with E-state index in [1.165, 1.54) is 13.0 Å². The van der Waals surface area contributed by atoms with Crippen molar-refractivity contribution >= 4 is 32.3 Å². The fourth-order valence-electron chi connectivity index (χ4n) is 1.29. The molecule has 0 aliphatic heterocycles. The van der Waals surface area contributed by atoms with Gasteiger partial charge in [-0.3, -0.25) is 9.11 Å². The highest BCUT2D eigenvalue weighted by Crippen LogP contribution is 2.22. The van der Waals surface area contributed by atoms with Crippen LogP contribution in [0, 0.1) is 6.92 Å². The largest absolute Gasteiger partial charge is 0.478 e. The van der Waals surface area contributed by atoms with Crippen molar-refractivity contribution in [1.82, 2.24) is 4.83 Å². The van der Waals surface area contributed by atoms with Gasteiger partial charge in [-0.05, 0) is 24.6 Å². The summed E-state index contributed by atoms with van der Waals surface area (Å²) in [5, 5.41) is 8.80. The molecule has 0 aromatic heterocycles. The molecule has 0 bridgehead atoms. The summed E-state index contributed by atoms with van der Waals surface area (Å²) in [6, 6.07) is 3.16. The van der Waals surface area contributed by atoms with E-state index < -0.39 is 32.3 Å². The maximum absolute atomic E-state index is 11.1. The number of aryl methyl sites for hydroxylation is 1. The maximum Gasteiger partial charge on any atom is 0.374 e. The molecule has 10 nitrogen and oxygen atoms in total. The number of hydrogen-bond donors (Lipinski definition) is 4. The molecule has 1 aromatic carbocycles. The molecule has 0 atom stereocenters. The highest BCUT2D eigenvalue weighted by Gasteiger charge is 2.26. The van der Waals surface area contributed by atoms with Crippen molar-refractivity contribution in [3.8, 4) is 0 Å². The second-order valence-corrected chi connectivity index (χ2v) is 6.01. The first-order valence-electron chi connectivity index (χ1n) is 4.78. The zero-order chi connectivity index (χ0) is 15.7. The molecule has 0 saturated carbocycles. The molecule has 0 saturated heterocycles. The van der Waals surface area contributed by atoms with E-state index in [1.54, 1.807) is 0 Å². The van der Waals surface area contributed by atoms with Crippen molar-refractivity contribution in [3.05, 3.63) is 29.3 Å². The van der Waals surface area contributed by atoms with Gasteiger partial charge in [0.2, 0.25) is 0 Å². The second-order valence-electron chi connectivity index (χ2n) is 3.61. The summed E-state index contributed by atoms with van der Waals surface area (Å²) in [6.45, 7) is 1.34. The molecule has 1 aromatic rings. The van der Waals surface area contributed by atoms with Gasteiger partial charge in [-0.1, -0.05) is 10.9 Å². The Morgan fingerprint density at radius 2 is 1.75 bits per heavy atom. The Balaban J connectivity index is 3.49. The summed E-state index contributed by atoms with van der Waals surface area (Å²) in [6.07, 6.45) is 0. The van der Waals surface area contributed by atoms with E-state index in [2.05, 4.69) is 0 Å². The summed E-state index contributed by atoms with van der Waals surface area (Å²) in [5.41, 5.74) is -0.704. The minimum absolute atomic E-state index is 0.128. The van der Waals surface area contributed by atoms with E-state index in [9.17, 15) is 21.6 Å².